The van der Waals surface area contributed by atoms with Gasteiger partial charge in [-0.05, 0) is 31.8 Å². The zero-order chi connectivity index (χ0) is 11.0. The summed E-state index contributed by atoms with van der Waals surface area (Å²) in [7, 11) is 0. The Hall–Kier alpha value is -0.340. The van der Waals surface area contributed by atoms with E-state index in [1.807, 2.05) is 6.08 Å². The van der Waals surface area contributed by atoms with Gasteiger partial charge in [0.25, 0.3) is 0 Å². The normalized spacial score (nSPS) is 13.6. The topological polar surface area (TPSA) is 29.3 Å². The molecule has 84 valence electrons. The number of hydrogen-bond acceptors (Lipinski definition) is 2. The van der Waals surface area contributed by atoms with Crippen LogP contribution in [0.25, 0.3) is 0 Å². The van der Waals surface area contributed by atoms with E-state index in [0.717, 1.165) is 26.1 Å². The van der Waals surface area contributed by atoms with Crippen LogP contribution in [-0.2, 0) is 0 Å². The average Bonchev–Trinajstić information content (AvgIpc) is 2.14. The smallest absolute Gasteiger partial charge is 0.0160 e. The molecule has 1 unspecified atom stereocenters. The summed E-state index contributed by atoms with van der Waals surface area (Å²) in [5.41, 5.74) is 6.00. The molecule has 1 atom stereocenters. The van der Waals surface area contributed by atoms with Crippen LogP contribution in [0.5, 0.6) is 0 Å². The second-order valence-electron chi connectivity index (χ2n) is 4.29. The van der Waals surface area contributed by atoms with E-state index in [1.165, 1.54) is 6.42 Å². The van der Waals surface area contributed by atoms with Crippen LogP contribution in [-0.4, -0.2) is 30.6 Å². The van der Waals surface area contributed by atoms with Gasteiger partial charge in [-0.3, -0.25) is 4.90 Å². The van der Waals surface area contributed by atoms with Crippen LogP contribution in [0.3, 0.4) is 0 Å². The van der Waals surface area contributed by atoms with Crippen molar-refractivity contribution in [2.75, 3.05) is 19.6 Å². The minimum absolute atomic E-state index is 0.333. The predicted molar refractivity (Wildman–Crippen MR) is 64.4 cm³/mol. The molecule has 2 heteroatoms. The van der Waals surface area contributed by atoms with E-state index in [1.54, 1.807) is 0 Å². The lowest BCUT2D eigenvalue weighted by Gasteiger charge is -2.23. The minimum atomic E-state index is 0.333. The van der Waals surface area contributed by atoms with E-state index in [4.69, 9.17) is 5.73 Å². The molecule has 2 nitrogen and oxygen atoms in total. The third kappa shape index (κ3) is 6.17. The van der Waals surface area contributed by atoms with Crippen LogP contribution in [0.4, 0.5) is 0 Å². The molecule has 0 aromatic carbocycles. The van der Waals surface area contributed by atoms with Gasteiger partial charge in [-0.1, -0.05) is 26.8 Å². The highest BCUT2D eigenvalue weighted by atomic mass is 15.1. The van der Waals surface area contributed by atoms with Gasteiger partial charge < -0.3 is 5.73 Å². The van der Waals surface area contributed by atoms with Gasteiger partial charge in [0.05, 0.1) is 0 Å². The number of nitrogens with zero attached hydrogens (tertiary/aromatic N) is 1. The summed E-state index contributed by atoms with van der Waals surface area (Å²) in [6.45, 7) is 13.6. The largest absolute Gasteiger partial charge is 0.327 e. The summed E-state index contributed by atoms with van der Waals surface area (Å²) in [5.74, 6) is 0.585. The molecule has 0 aromatic rings. The van der Waals surface area contributed by atoms with Crippen LogP contribution in [0.2, 0.25) is 0 Å². The minimum Gasteiger partial charge on any atom is -0.327 e. The quantitative estimate of drug-likeness (QED) is 0.606. The van der Waals surface area contributed by atoms with Gasteiger partial charge in [0.1, 0.15) is 0 Å². The van der Waals surface area contributed by atoms with Crippen LogP contribution in [0.15, 0.2) is 12.7 Å². The number of hydrogen-bond donors (Lipinski definition) is 1. The molecule has 0 aliphatic rings. The Labute approximate surface area is 89.2 Å². The average molecular weight is 198 g/mol. The summed E-state index contributed by atoms with van der Waals surface area (Å²) in [6, 6.07) is 0.333. The van der Waals surface area contributed by atoms with Crippen LogP contribution in [0.1, 0.15) is 33.6 Å². The van der Waals surface area contributed by atoms with Crippen molar-refractivity contribution >= 4 is 0 Å². The fourth-order valence-electron chi connectivity index (χ4n) is 1.46. The van der Waals surface area contributed by atoms with Crippen LogP contribution >= 0.6 is 0 Å². The lowest BCUT2D eigenvalue weighted by molar-refractivity contribution is 0.278. The van der Waals surface area contributed by atoms with Crippen molar-refractivity contribution in [2.45, 2.75) is 39.7 Å². The van der Waals surface area contributed by atoms with Crippen molar-refractivity contribution in [3.8, 4) is 0 Å². The Morgan fingerprint density at radius 3 is 2.43 bits per heavy atom. The van der Waals surface area contributed by atoms with Crippen molar-refractivity contribution in [3.63, 3.8) is 0 Å². The van der Waals surface area contributed by atoms with Gasteiger partial charge in [0.15, 0.2) is 0 Å². The Bertz CT molecular complexity index is 143. The molecular weight excluding hydrogens is 172 g/mol. The zero-order valence-corrected chi connectivity index (χ0v) is 10.00. The summed E-state index contributed by atoms with van der Waals surface area (Å²) in [4.78, 5) is 2.41. The van der Waals surface area contributed by atoms with Crippen LogP contribution < -0.4 is 5.73 Å². The van der Waals surface area contributed by atoms with Gasteiger partial charge in [0, 0.05) is 12.6 Å². The van der Waals surface area contributed by atoms with Gasteiger partial charge in [-0.25, -0.2) is 0 Å². The molecule has 2 N–H and O–H groups in total. The van der Waals surface area contributed by atoms with E-state index in [9.17, 15) is 0 Å². The fraction of sp³-hybridized carbons (Fsp3) is 0.833. The maximum Gasteiger partial charge on any atom is 0.0160 e. The Balaban J connectivity index is 3.74. The summed E-state index contributed by atoms with van der Waals surface area (Å²) in [5, 5.41) is 0. The Kier molecular flexibility index (Phi) is 7.81. The molecule has 0 heterocycles. The first-order chi connectivity index (χ1) is 6.61. The first-order valence-corrected chi connectivity index (χ1v) is 5.70. The number of rotatable bonds is 8. The molecule has 0 rings (SSSR count). The summed E-state index contributed by atoms with van der Waals surface area (Å²) in [6.07, 6.45) is 4.26. The number of nitrogens with two attached hydrogens (primary N) is 1. The van der Waals surface area contributed by atoms with E-state index < -0.39 is 0 Å². The second kappa shape index (κ2) is 8.01. The SMILES string of the molecule is C=CCN(CCC)CCC(N)C(C)C. The highest BCUT2D eigenvalue weighted by Gasteiger charge is 2.09. The molecule has 0 aromatic heterocycles. The maximum atomic E-state index is 6.00. The molecule has 0 fully saturated rings. The molecule has 0 bridgehead atoms. The third-order valence-corrected chi connectivity index (χ3v) is 2.56. The van der Waals surface area contributed by atoms with E-state index in [0.29, 0.717) is 12.0 Å². The van der Waals surface area contributed by atoms with Crippen molar-refractivity contribution < 1.29 is 0 Å². The van der Waals surface area contributed by atoms with E-state index in [-0.39, 0.29) is 0 Å². The zero-order valence-electron chi connectivity index (χ0n) is 10.00. The van der Waals surface area contributed by atoms with Crippen molar-refractivity contribution in [3.05, 3.63) is 12.7 Å². The van der Waals surface area contributed by atoms with Gasteiger partial charge >= 0.3 is 0 Å². The van der Waals surface area contributed by atoms with Gasteiger partial charge in [-0.15, -0.1) is 6.58 Å². The third-order valence-electron chi connectivity index (χ3n) is 2.56. The highest BCUT2D eigenvalue weighted by molar-refractivity contribution is 4.75. The molecule has 0 aliphatic carbocycles. The fourth-order valence-corrected chi connectivity index (χ4v) is 1.46. The first kappa shape index (κ1) is 13.7. The van der Waals surface area contributed by atoms with Crippen molar-refractivity contribution in [1.29, 1.82) is 0 Å². The van der Waals surface area contributed by atoms with E-state index in [2.05, 4.69) is 32.3 Å². The Morgan fingerprint density at radius 1 is 1.36 bits per heavy atom. The summed E-state index contributed by atoms with van der Waals surface area (Å²) < 4.78 is 0. The molecule has 0 radical (unpaired) electrons. The molecular formula is C12H26N2. The Morgan fingerprint density at radius 2 is 2.00 bits per heavy atom. The predicted octanol–water partition coefficient (Wildman–Crippen LogP) is 2.26. The first-order valence-electron chi connectivity index (χ1n) is 5.70. The second-order valence-corrected chi connectivity index (χ2v) is 4.29. The highest BCUT2D eigenvalue weighted by Crippen LogP contribution is 2.04. The molecule has 0 saturated heterocycles. The van der Waals surface area contributed by atoms with E-state index >= 15 is 0 Å². The summed E-state index contributed by atoms with van der Waals surface area (Å²) >= 11 is 0. The molecule has 0 amide bonds. The molecule has 0 saturated carbocycles. The van der Waals surface area contributed by atoms with Crippen molar-refractivity contribution in [2.24, 2.45) is 11.7 Å². The molecule has 0 aliphatic heterocycles. The van der Waals surface area contributed by atoms with Gasteiger partial charge in [-0.2, -0.15) is 0 Å². The molecule has 14 heavy (non-hydrogen) atoms. The maximum absolute atomic E-state index is 6.00. The van der Waals surface area contributed by atoms with Gasteiger partial charge in [0.2, 0.25) is 0 Å². The van der Waals surface area contributed by atoms with Crippen molar-refractivity contribution in [1.82, 2.24) is 4.90 Å². The lowest BCUT2D eigenvalue weighted by atomic mass is 10.0. The monoisotopic (exact) mass is 198 g/mol. The standard InChI is InChI=1S/C12H26N2/c1-5-8-14(9-6-2)10-7-12(13)11(3)4/h5,11-12H,1,6-10,13H2,2-4H3. The lowest BCUT2D eigenvalue weighted by Crippen LogP contribution is -2.34. The van der Waals surface area contributed by atoms with Crippen LogP contribution in [0, 0.1) is 5.92 Å². The molecule has 0 spiro atoms.